The average molecular weight is 309 g/mol. The number of hydrogen-bond acceptors (Lipinski definition) is 3. The van der Waals surface area contributed by atoms with Gasteiger partial charge in [-0.2, -0.15) is 0 Å². The molecule has 121 valence electrons. The topological polar surface area (TPSA) is 15.7 Å². The van der Waals surface area contributed by atoms with Gasteiger partial charge in [0.25, 0.3) is 0 Å². The van der Waals surface area contributed by atoms with E-state index in [0.29, 0.717) is 0 Å². The Balaban J connectivity index is 1.74. The first kappa shape index (κ1) is 15.9. The fourth-order valence-corrected chi connectivity index (χ4v) is 3.05. The van der Waals surface area contributed by atoms with E-state index in [2.05, 4.69) is 72.2 Å². The summed E-state index contributed by atoms with van der Waals surface area (Å²) >= 11 is 0. The van der Waals surface area contributed by atoms with Crippen molar-refractivity contribution < 1.29 is 4.74 Å². The third kappa shape index (κ3) is 3.67. The highest BCUT2D eigenvalue weighted by molar-refractivity contribution is 5.68. The van der Waals surface area contributed by atoms with Crippen molar-refractivity contribution in [1.29, 1.82) is 0 Å². The summed E-state index contributed by atoms with van der Waals surface area (Å²) in [7, 11) is 0. The smallest absolute Gasteiger partial charge is 0.0642 e. The zero-order valence-electron chi connectivity index (χ0n) is 14.1. The molecule has 1 fully saturated rings. The van der Waals surface area contributed by atoms with E-state index in [1.165, 1.54) is 16.8 Å². The molecule has 1 heterocycles. The van der Waals surface area contributed by atoms with E-state index in [4.69, 9.17) is 4.74 Å². The third-order valence-corrected chi connectivity index (χ3v) is 4.48. The largest absolute Gasteiger partial charge is 0.378 e. The summed E-state index contributed by atoms with van der Waals surface area (Å²) in [5.41, 5.74) is 4.91. The van der Waals surface area contributed by atoms with Crippen molar-refractivity contribution in [3.8, 4) is 11.1 Å². The van der Waals surface area contributed by atoms with Gasteiger partial charge in [0.1, 0.15) is 0 Å². The Morgan fingerprint density at radius 2 is 1.61 bits per heavy atom. The zero-order chi connectivity index (χ0) is 16.1. The second kappa shape index (κ2) is 7.51. The zero-order valence-corrected chi connectivity index (χ0v) is 14.1. The first-order chi connectivity index (χ1) is 11.3. The van der Waals surface area contributed by atoms with E-state index in [1.807, 2.05) is 0 Å². The van der Waals surface area contributed by atoms with Crippen LogP contribution in [0.2, 0.25) is 0 Å². The number of nitrogens with zero attached hydrogens (tertiary/aromatic N) is 2. The van der Waals surface area contributed by atoms with E-state index in [-0.39, 0.29) is 0 Å². The van der Waals surface area contributed by atoms with Gasteiger partial charge in [0, 0.05) is 43.6 Å². The summed E-state index contributed by atoms with van der Waals surface area (Å²) in [4.78, 5) is 4.69. The molecule has 0 spiro atoms. The number of morpholine rings is 1. The van der Waals surface area contributed by atoms with Crippen molar-refractivity contribution in [2.24, 2.45) is 0 Å². The van der Waals surface area contributed by atoms with Crippen LogP contribution in [0.3, 0.4) is 0 Å². The van der Waals surface area contributed by atoms with E-state index < -0.39 is 0 Å². The molecule has 0 amide bonds. The van der Waals surface area contributed by atoms with Crippen LogP contribution in [0.25, 0.3) is 11.1 Å². The molecule has 3 rings (SSSR count). The predicted molar refractivity (Wildman–Crippen MR) is 97.3 cm³/mol. The molecule has 23 heavy (non-hydrogen) atoms. The fourth-order valence-electron chi connectivity index (χ4n) is 3.05. The standard InChI is InChI=1S/C20H25N2O/c1-3-21(4-2)19-9-5-17(6-10-19)18-7-11-20(12-8-18)22-13-15-23-16-14-22/h5-11H,3-4,13-16H2,1-2H3. The third-order valence-electron chi connectivity index (χ3n) is 4.48. The molecule has 2 aromatic rings. The van der Waals surface area contributed by atoms with Gasteiger partial charge in [-0.25, -0.2) is 0 Å². The Kier molecular flexibility index (Phi) is 5.19. The molecule has 0 bridgehead atoms. The van der Waals surface area contributed by atoms with Gasteiger partial charge < -0.3 is 14.5 Å². The van der Waals surface area contributed by atoms with Gasteiger partial charge in [-0.1, -0.05) is 18.2 Å². The summed E-state index contributed by atoms with van der Waals surface area (Å²) in [5, 5.41) is 0. The van der Waals surface area contributed by atoms with Crippen LogP contribution < -0.4 is 9.80 Å². The van der Waals surface area contributed by atoms with Crippen LogP contribution in [0.5, 0.6) is 0 Å². The summed E-state index contributed by atoms with van der Waals surface area (Å²) in [6, 6.07) is 18.7. The van der Waals surface area contributed by atoms with Crippen molar-refractivity contribution in [1.82, 2.24) is 0 Å². The van der Waals surface area contributed by atoms with E-state index in [1.54, 1.807) is 0 Å². The van der Waals surface area contributed by atoms with Gasteiger partial charge in [-0.3, -0.25) is 0 Å². The maximum Gasteiger partial charge on any atom is 0.0642 e. The van der Waals surface area contributed by atoms with Crippen LogP contribution >= 0.6 is 0 Å². The van der Waals surface area contributed by atoms with Crippen molar-refractivity contribution in [2.75, 3.05) is 49.2 Å². The van der Waals surface area contributed by atoms with Gasteiger partial charge in [-0.15, -0.1) is 0 Å². The van der Waals surface area contributed by atoms with Crippen molar-refractivity contribution in [2.45, 2.75) is 13.8 Å². The highest BCUT2D eigenvalue weighted by Gasteiger charge is 2.11. The number of anilines is 2. The lowest BCUT2D eigenvalue weighted by Crippen LogP contribution is -2.36. The van der Waals surface area contributed by atoms with Crippen LogP contribution in [0, 0.1) is 6.07 Å². The molecule has 1 aliphatic heterocycles. The highest BCUT2D eigenvalue weighted by Crippen LogP contribution is 2.25. The lowest BCUT2D eigenvalue weighted by atomic mass is 10.0. The number of ether oxygens (including phenoxy) is 1. The first-order valence-electron chi connectivity index (χ1n) is 8.51. The molecule has 0 unspecified atom stereocenters. The Morgan fingerprint density at radius 3 is 2.17 bits per heavy atom. The minimum atomic E-state index is 0.808. The van der Waals surface area contributed by atoms with Crippen LogP contribution in [0.4, 0.5) is 11.4 Å². The van der Waals surface area contributed by atoms with Crippen LogP contribution in [-0.2, 0) is 4.74 Å². The summed E-state index contributed by atoms with van der Waals surface area (Å²) in [6.45, 7) is 9.98. The average Bonchev–Trinajstić information content (AvgIpc) is 2.64. The Morgan fingerprint density at radius 1 is 0.957 bits per heavy atom. The molecule has 1 saturated heterocycles. The SMILES string of the molecule is CCN(CC)c1ccc(-c2c[c]c(N3CCOCC3)cc2)cc1. The summed E-state index contributed by atoms with van der Waals surface area (Å²) in [6.07, 6.45) is 0. The molecule has 0 aromatic heterocycles. The summed E-state index contributed by atoms with van der Waals surface area (Å²) < 4.78 is 5.40. The molecule has 2 aromatic carbocycles. The summed E-state index contributed by atoms with van der Waals surface area (Å²) in [5.74, 6) is 0. The minimum Gasteiger partial charge on any atom is -0.378 e. The molecule has 1 radical (unpaired) electrons. The molecule has 0 N–H and O–H groups in total. The van der Waals surface area contributed by atoms with Crippen LogP contribution in [0.1, 0.15) is 13.8 Å². The number of hydrogen-bond donors (Lipinski definition) is 0. The van der Waals surface area contributed by atoms with Crippen molar-refractivity contribution >= 4 is 11.4 Å². The quantitative estimate of drug-likeness (QED) is 0.834. The lowest BCUT2D eigenvalue weighted by Gasteiger charge is -2.28. The highest BCUT2D eigenvalue weighted by atomic mass is 16.5. The maximum absolute atomic E-state index is 5.40. The number of rotatable bonds is 5. The molecular weight excluding hydrogens is 284 g/mol. The molecule has 0 saturated carbocycles. The van der Waals surface area contributed by atoms with Crippen LogP contribution in [-0.4, -0.2) is 39.4 Å². The predicted octanol–water partition coefficient (Wildman–Crippen LogP) is 3.84. The van der Waals surface area contributed by atoms with Gasteiger partial charge in [0.2, 0.25) is 0 Å². The fraction of sp³-hybridized carbons (Fsp3) is 0.400. The van der Waals surface area contributed by atoms with Crippen molar-refractivity contribution in [3.05, 3.63) is 48.5 Å². The lowest BCUT2D eigenvalue weighted by molar-refractivity contribution is 0.122. The Hall–Kier alpha value is -2.00. The minimum absolute atomic E-state index is 0.808. The van der Waals surface area contributed by atoms with E-state index in [9.17, 15) is 0 Å². The molecule has 3 nitrogen and oxygen atoms in total. The van der Waals surface area contributed by atoms with Crippen LogP contribution in [0.15, 0.2) is 42.5 Å². The van der Waals surface area contributed by atoms with E-state index >= 15 is 0 Å². The molecule has 0 atom stereocenters. The van der Waals surface area contributed by atoms with Gasteiger partial charge in [0.05, 0.1) is 13.2 Å². The van der Waals surface area contributed by atoms with Gasteiger partial charge in [0.15, 0.2) is 0 Å². The second-order valence-electron chi connectivity index (χ2n) is 5.78. The van der Waals surface area contributed by atoms with Crippen molar-refractivity contribution in [3.63, 3.8) is 0 Å². The molecule has 3 heteroatoms. The molecule has 0 aliphatic carbocycles. The van der Waals surface area contributed by atoms with Gasteiger partial charge in [-0.05, 0) is 49.2 Å². The Labute approximate surface area is 139 Å². The second-order valence-corrected chi connectivity index (χ2v) is 5.78. The number of benzene rings is 2. The van der Waals surface area contributed by atoms with Gasteiger partial charge >= 0.3 is 0 Å². The Bertz CT molecular complexity index is 597. The molecular formula is C20H25N2O. The monoisotopic (exact) mass is 309 g/mol. The maximum atomic E-state index is 5.40. The first-order valence-corrected chi connectivity index (χ1v) is 8.51. The van der Waals surface area contributed by atoms with E-state index in [0.717, 1.165) is 45.1 Å². The normalized spacial score (nSPS) is 14.8. The molecule has 1 aliphatic rings.